The van der Waals surface area contributed by atoms with Crippen LogP contribution in [-0.4, -0.2) is 29.1 Å². The van der Waals surface area contributed by atoms with Gasteiger partial charge in [-0.05, 0) is 79.2 Å². The lowest BCUT2D eigenvalue weighted by Gasteiger charge is -2.11. The van der Waals surface area contributed by atoms with Gasteiger partial charge in [0.1, 0.15) is 5.75 Å². The zero-order valence-electron chi connectivity index (χ0n) is 23.1. The highest BCUT2D eigenvalue weighted by atomic mass is 32.1. The van der Waals surface area contributed by atoms with Crippen LogP contribution in [-0.2, 0) is 0 Å². The number of carbonyl (C=O) groups excluding carboxylic acids is 2. The number of nitrogens with one attached hydrogen (secondary N) is 2. The van der Waals surface area contributed by atoms with Crippen LogP contribution in [0.15, 0.2) is 95.4 Å². The second-order valence-electron chi connectivity index (χ2n) is 9.55. The third kappa shape index (κ3) is 6.50. The monoisotopic (exact) mass is 562 g/mol. The summed E-state index contributed by atoms with van der Waals surface area (Å²) in [5.74, 6) is 0.294. The van der Waals surface area contributed by atoms with E-state index < -0.39 is 0 Å². The fourth-order valence-corrected chi connectivity index (χ4v) is 5.14. The minimum absolute atomic E-state index is 0.132. The molecule has 5 aromatic rings. The molecule has 0 aliphatic heterocycles. The fraction of sp³-hybridized carbons (Fsp3) is 0.152. The number of para-hydroxylation sites is 1. The Morgan fingerprint density at radius 2 is 1.76 bits per heavy atom. The Hall–Kier alpha value is -4.82. The molecule has 3 aromatic carbocycles. The molecule has 0 radical (unpaired) electrons. The number of thiophene rings is 1. The number of hydrogen-bond acceptors (Lipinski definition) is 6. The van der Waals surface area contributed by atoms with E-state index in [-0.39, 0.29) is 11.8 Å². The molecule has 0 spiro atoms. The summed E-state index contributed by atoms with van der Waals surface area (Å²) in [7, 11) is 0. The van der Waals surface area contributed by atoms with Crippen LogP contribution in [0.3, 0.4) is 0 Å². The average molecular weight is 563 g/mol. The number of aryl methyl sites for hydroxylation is 1. The van der Waals surface area contributed by atoms with Gasteiger partial charge >= 0.3 is 0 Å². The van der Waals surface area contributed by atoms with E-state index in [0.29, 0.717) is 39.7 Å². The number of carbonyl (C=O) groups is 2. The summed E-state index contributed by atoms with van der Waals surface area (Å²) in [6.07, 6.45) is 0.915. The summed E-state index contributed by atoms with van der Waals surface area (Å²) in [5.41, 5.74) is 8.51. The molecule has 41 heavy (non-hydrogen) atoms. The molecule has 0 bridgehead atoms. The highest BCUT2D eigenvalue weighted by molar-refractivity contribution is 7.12. The molecular weight excluding hydrogens is 532 g/mol. The summed E-state index contributed by atoms with van der Waals surface area (Å²) < 4.78 is 5.79. The van der Waals surface area contributed by atoms with E-state index in [1.54, 1.807) is 6.07 Å². The molecule has 2 heterocycles. The van der Waals surface area contributed by atoms with Gasteiger partial charge in [-0.2, -0.15) is 5.10 Å². The number of fused-ring (bicyclic) bond motifs is 1. The van der Waals surface area contributed by atoms with E-state index in [0.717, 1.165) is 34.2 Å². The van der Waals surface area contributed by atoms with E-state index in [2.05, 4.69) is 22.8 Å². The fourth-order valence-electron chi connectivity index (χ4n) is 4.32. The second-order valence-corrected chi connectivity index (χ2v) is 10.5. The zero-order valence-corrected chi connectivity index (χ0v) is 23.9. The van der Waals surface area contributed by atoms with Crippen LogP contribution in [0.1, 0.15) is 51.4 Å². The van der Waals surface area contributed by atoms with Gasteiger partial charge in [0.05, 0.1) is 34.0 Å². The molecule has 0 saturated carbocycles. The standard InChI is InChI=1S/C33H30N4O3S/c1-4-17-40-26-9-7-8-24(19-26)30-20-28(27-10-5-6-11-29(27)35-30)32(38)37-36-22(3)23-12-14-25(15-13-23)34-33(39)31-21(2)16-18-41-31/h5-16,18-20H,4,17H2,1-3H3,(H,34,39)(H,37,38)/b36-22-. The quantitative estimate of drug-likeness (QED) is 0.144. The number of aromatic nitrogens is 1. The molecule has 0 aliphatic rings. The van der Waals surface area contributed by atoms with Crippen molar-refractivity contribution >= 4 is 45.5 Å². The maximum Gasteiger partial charge on any atom is 0.272 e. The van der Waals surface area contributed by atoms with Gasteiger partial charge in [-0.15, -0.1) is 11.3 Å². The summed E-state index contributed by atoms with van der Waals surface area (Å²) in [6.45, 7) is 6.43. The highest BCUT2D eigenvalue weighted by Gasteiger charge is 2.15. The molecular formula is C33H30N4O3S. The van der Waals surface area contributed by atoms with Crippen LogP contribution in [0.4, 0.5) is 5.69 Å². The molecule has 0 saturated heterocycles. The van der Waals surface area contributed by atoms with Crippen LogP contribution in [0.5, 0.6) is 5.75 Å². The smallest absolute Gasteiger partial charge is 0.272 e. The average Bonchev–Trinajstić information content (AvgIpc) is 3.44. The van der Waals surface area contributed by atoms with Crippen molar-refractivity contribution in [1.82, 2.24) is 10.4 Å². The van der Waals surface area contributed by atoms with Gasteiger partial charge in [0, 0.05) is 16.6 Å². The molecule has 7 nitrogen and oxygen atoms in total. The molecule has 0 unspecified atom stereocenters. The van der Waals surface area contributed by atoms with E-state index in [4.69, 9.17) is 9.72 Å². The minimum Gasteiger partial charge on any atom is -0.494 e. The van der Waals surface area contributed by atoms with Gasteiger partial charge in [-0.25, -0.2) is 10.4 Å². The lowest BCUT2D eigenvalue weighted by Crippen LogP contribution is -2.20. The number of nitrogens with zero attached hydrogens (tertiary/aromatic N) is 2. The molecule has 2 amide bonds. The van der Waals surface area contributed by atoms with Crippen LogP contribution in [0, 0.1) is 6.92 Å². The predicted molar refractivity (Wildman–Crippen MR) is 166 cm³/mol. The van der Waals surface area contributed by atoms with Crippen molar-refractivity contribution in [3.63, 3.8) is 0 Å². The largest absolute Gasteiger partial charge is 0.494 e. The van der Waals surface area contributed by atoms with Crippen molar-refractivity contribution in [2.45, 2.75) is 27.2 Å². The number of benzene rings is 3. The van der Waals surface area contributed by atoms with E-state index in [9.17, 15) is 9.59 Å². The predicted octanol–water partition coefficient (Wildman–Crippen LogP) is 7.47. The minimum atomic E-state index is -0.335. The Balaban J connectivity index is 1.34. The van der Waals surface area contributed by atoms with Gasteiger partial charge < -0.3 is 10.1 Å². The molecule has 2 N–H and O–H groups in total. The topological polar surface area (TPSA) is 92.7 Å². The molecule has 5 rings (SSSR count). The van der Waals surface area contributed by atoms with Crippen molar-refractivity contribution in [3.05, 3.63) is 112 Å². The summed E-state index contributed by atoms with van der Waals surface area (Å²) >= 11 is 1.41. The maximum atomic E-state index is 13.4. The third-order valence-electron chi connectivity index (χ3n) is 6.52. The molecule has 0 aliphatic carbocycles. The Morgan fingerprint density at radius 1 is 0.951 bits per heavy atom. The van der Waals surface area contributed by atoms with E-state index >= 15 is 0 Å². The van der Waals surface area contributed by atoms with E-state index in [1.807, 2.05) is 98.1 Å². The first kappa shape index (κ1) is 27.7. The molecule has 206 valence electrons. The highest BCUT2D eigenvalue weighted by Crippen LogP contribution is 2.27. The van der Waals surface area contributed by atoms with Gasteiger partial charge in [-0.3, -0.25) is 9.59 Å². The number of amides is 2. The number of ether oxygens (including phenoxy) is 1. The number of anilines is 1. The first-order valence-electron chi connectivity index (χ1n) is 13.4. The summed E-state index contributed by atoms with van der Waals surface area (Å²) in [5, 5.41) is 9.92. The number of hydrazone groups is 1. The zero-order chi connectivity index (χ0) is 28.8. The van der Waals surface area contributed by atoms with Crippen molar-refractivity contribution in [1.29, 1.82) is 0 Å². The third-order valence-corrected chi connectivity index (χ3v) is 7.53. The first-order valence-corrected chi connectivity index (χ1v) is 14.2. The Bertz CT molecular complexity index is 1740. The lowest BCUT2D eigenvalue weighted by molar-refractivity contribution is 0.0955. The van der Waals surface area contributed by atoms with Gasteiger partial charge in [-0.1, -0.05) is 49.4 Å². The number of hydrogen-bond donors (Lipinski definition) is 2. The lowest BCUT2D eigenvalue weighted by atomic mass is 10.0. The van der Waals surface area contributed by atoms with Crippen LogP contribution >= 0.6 is 11.3 Å². The summed E-state index contributed by atoms with van der Waals surface area (Å²) in [4.78, 5) is 31.4. The Labute approximate surface area is 242 Å². The van der Waals surface area contributed by atoms with Crippen LogP contribution in [0.25, 0.3) is 22.2 Å². The number of pyridine rings is 1. The van der Waals surface area contributed by atoms with Crippen molar-refractivity contribution < 1.29 is 14.3 Å². The van der Waals surface area contributed by atoms with Crippen LogP contribution < -0.4 is 15.5 Å². The van der Waals surface area contributed by atoms with Crippen molar-refractivity contribution in [3.8, 4) is 17.0 Å². The van der Waals surface area contributed by atoms with Gasteiger partial charge in [0.15, 0.2) is 0 Å². The van der Waals surface area contributed by atoms with E-state index in [1.165, 1.54) is 11.3 Å². The Kier molecular flexibility index (Phi) is 8.50. The molecule has 2 aromatic heterocycles. The first-order chi connectivity index (χ1) is 19.9. The van der Waals surface area contributed by atoms with Crippen molar-refractivity contribution in [2.24, 2.45) is 5.10 Å². The van der Waals surface area contributed by atoms with Crippen molar-refractivity contribution in [2.75, 3.05) is 11.9 Å². The Morgan fingerprint density at radius 3 is 2.51 bits per heavy atom. The number of rotatable bonds is 9. The normalized spacial score (nSPS) is 11.3. The van der Waals surface area contributed by atoms with Gasteiger partial charge in [0.2, 0.25) is 0 Å². The SMILES string of the molecule is CCCOc1cccc(-c2cc(C(=O)N/N=C(/C)c3ccc(NC(=O)c4sccc4C)cc3)c3ccccc3n2)c1. The molecule has 0 fully saturated rings. The van der Waals surface area contributed by atoms with Crippen LogP contribution in [0.2, 0.25) is 0 Å². The van der Waals surface area contributed by atoms with Gasteiger partial charge in [0.25, 0.3) is 11.8 Å². The molecule has 8 heteroatoms. The molecule has 0 atom stereocenters. The maximum absolute atomic E-state index is 13.4. The summed E-state index contributed by atoms with van der Waals surface area (Å²) in [6, 6.07) is 26.3. The second kappa shape index (κ2) is 12.6.